The lowest BCUT2D eigenvalue weighted by Gasteiger charge is -2.39. The van der Waals surface area contributed by atoms with E-state index in [0.717, 1.165) is 103 Å². The Morgan fingerprint density at radius 2 is 0.661 bits per heavy atom. The first-order valence-electron chi connectivity index (χ1n) is 25.4. The second-order valence-electron chi connectivity index (χ2n) is 17.6. The van der Waals surface area contributed by atoms with E-state index >= 15 is 0 Å². The Labute approximate surface area is 365 Å². The van der Waals surface area contributed by atoms with Crippen molar-refractivity contribution >= 4 is 17.3 Å². The predicted molar refractivity (Wildman–Crippen MR) is 252 cm³/mol. The van der Waals surface area contributed by atoms with Crippen LogP contribution in [0, 0.1) is 0 Å². The minimum absolute atomic E-state index is 0.0858. The summed E-state index contributed by atoms with van der Waals surface area (Å²) in [5.41, 5.74) is -5.76. The van der Waals surface area contributed by atoms with Gasteiger partial charge in [0.1, 0.15) is 0 Å². The minimum Gasteiger partial charge on any atom is -0.393 e. The number of hydrogen-bond acceptors (Lipinski definition) is 6. The fourth-order valence-corrected chi connectivity index (χ4v) is 8.10. The summed E-state index contributed by atoms with van der Waals surface area (Å²) in [6, 6.07) is 0. The fraction of sp³-hybridized carbons (Fsp3) is 0.830. The molecular formula is C53H96O6. The van der Waals surface area contributed by atoms with Crippen molar-refractivity contribution in [1.29, 1.82) is 0 Å². The van der Waals surface area contributed by atoms with Crippen LogP contribution in [0.2, 0.25) is 0 Å². The lowest BCUT2D eigenvalue weighted by molar-refractivity contribution is -0.194. The molecule has 0 saturated carbocycles. The first-order valence-corrected chi connectivity index (χ1v) is 25.4. The van der Waals surface area contributed by atoms with Gasteiger partial charge in [-0.2, -0.15) is 0 Å². The van der Waals surface area contributed by atoms with Gasteiger partial charge in [-0.05, 0) is 51.4 Å². The van der Waals surface area contributed by atoms with Crippen LogP contribution in [0.15, 0.2) is 36.5 Å². The molecule has 0 aliphatic carbocycles. The summed E-state index contributed by atoms with van der Waals surface area (Å²) in [4.78, 5) is 41.1. The van der Waals surface area contributed by atoms with E-state index in [9.17, 15) is 29.7 Å². The van der Waals surface area contributed by atoms with Crippen LogP contribution in [0.4, 0.5) is 0 Å². The van der Waals surface area contributed by atoms with Gasteiger partial charge in [0.15, 0.2) is 23.0 Å². The molecule has 0 saturated heterocycles. The molecule has 59 heavy (non-hydrogen) atoms. The molecule has 0 aliphatic heterocycles. The van der Waals surface area contributed by atoms with Gasteiger partial charge in [0.25, 0.3) is 0 Å². The van der Waals surface area contributed by atoms with E-state index in [-0.39, 0.29) is 19.3 Å². The summed E-state index contributed by atoms with van der Waals surface area (Å²) < 4.78 is 0. The van der Waals surface area contributed by atoms with E-state index in [1.54, 1.807) is 0 Å². The van der Waals surface area contributed by atoms with Crippen LogP contribution in [-0.2, 0) is 14.4 Å². The van der Waals surface area contributed by atoms with E-state index < -0.39 is 35.2 Å². The van der Waals surface area contributed by atoms with E-state index in [1.807, 2.05) is 0 Å². The second-order valence-corrected chi connectivity index (χ2v) is 17.6. The van der Waals surface area contributed by atoms with Gasteiger partial charge in [0.05, 0.1) is 6.61 Å². The van der Waals surface area contributed by atoms with Crippen LogP contribution < -0.4 is 0 Å². The van der Waals surface area contributed by atoms with Crippen molar-refractivity contribution in [3.05, 3.63) is 36.5 Å². The average molecular weight is 829 g/mol. The van der Waals surface area contributed by atoms with Gasteiger partial charge < -0.3 is 15.3 Å². The zero-order chi connectivity index (χ0) is 43.6. The van der Waals surface area contributed by atoms with Crippen molar-refractivity contribution in [2.45, 2.75) is 276 Å². The maximum absolute atomic E-state index is 13.8. The van der Waals surface area contributed by atoms with Gasteiger partial charge in [-0.15, -0.1) is 0 Å². The molecule has 0 aromatic rings. The lowest BCUT2D eigenvalue weighted by atomic mass is 9.71. The zero-order valence-electron chi connectivity index (χ0n) is 39.1. The molecule has 0 amide bonds. The number of ketones is 3. The molecular weight excluding hydrogens is 733 g/mol. The molecule has 0 aromatic heterocycles. The number of carbonyl (C=O) groups excluding carboxylic acids is 3. The maximum Gasteiger partial charge on any atom is 0.219 e. The summed E-state index contributed by atoms with van der Waals surface area (Å²) in [5, 5.41) is 34.0. The fourth-order valence-electron chi connectivity index (χ4n) is 8.10. The topological polar surface area (TPSA) is 112 Å². The highest BCUT2D eigenvalue weighted by Crippen LogP contribution is 2.32. The van der Waals surface area contributed by atoms with Crippen molar-refractivity contribution in [1.82, 2.24) is 0 Å². The maximum atomic E-state index is 13.8. The van der Waals surface area contributed by atoms with Crippen LogP contribution >= 0.6 is 0 Å². The predicted octanol–water partition coefficient (Wildman–Crippen LogP) is 14.7. The molecule has 0 radical (unpaired) electrons. The van der Waals surface area contributed by atoms with Gasteiger partial charge in [0.2, 0.25) is 5.60 Å². The van der Waals surface area contributed by atoms with Crippen molar-refractivity contribution in [2.75, 3.05) is 6.61 Å². The molecule has 6 nitrogen and oxygen atoms in total. The van der Waals surface area contributed by atoms with Crippen LogP contribution in [0.1, 0.15) is 265 Å². The van der Waals surface area contributed by atoms with Crippen molar-refractivity contribution in [3.63, 3.8) is 0 Å². The normalized spacial score (nSPS) is 14.1. The number of hydrogen-bond donors (Lipinski definition) is 3. The monoisotopic (exact) mass is 829 g/mol. The average Bonchev–Trinajstić information content (AvgIpc) is 3.24. The minimum atomic E-state index is -2.93. The third kappa shape index (κ3) is 29.1. The molecule has 344 valence electrons. The van der Waals surface area contributed by atoms with E-state index in [4.69, 9.17) is 0 Å². The second kappa shape index (κ2) is 41.5. The number of aliphatic hydroxyl groups is 3. The Balaban J connectivity index is 4.99. The first kappa shape index (κ1) is 57.1. The molecule has 0 heterocycles. The first-order chi connectivity index (χ1) is 28.8. The summed E-state index contributed by atoms with van der Waals surface area (Å²) in [6.45, 7) is 5.46. The Morgan fingerprint density at radius 3 is 1.00 bits per heavy atom. The molecule has 0 rings (SSSR count). The van der Waals surface area contributed by atoms with Gasteiger partial charge in [-0.25, -0.2) is 0 Å². The number of aliphatic hydroxyl groups excluding tert-OH is 1. The number of carbonyl (C=O) groups is 3. The number of unbranched alkanes of at least 4 members (excludes halogenated alkanes) is 29. The molecule has 2 unspecified atom stereocenters. The highest BCUT2D eigenvalue weighted by Gasteiger charge is 2.62. The summed E-state index contributed by atoms with van der Waals surface area (Å²) in [6.07, 6.45) is 50.7. The van der Waals surface area contributed by atoms with Gasteiger partial charge >= 0.3 is 0 Å². The Bertz CT molecular complexity index is 1080. The van der Waals surface area contributed by atoms with Crippen LogP contribution in [0.3, 0.4) is 0 Å². The highest BCUT2D eigenvalue weighted by atomic mass is 16.4. The molecule has 6 heteroatoms. The smallest absolute Gasteiger partial charge is 0.219 e. The van der Waals surface area contributed by atoms with Crippen molar-refractivity contribution in [2.24, 2.45) is 0 Å². The van der Waals surface area contributed by atoms with Gasteiger partial charge in [-0.1, -0.05) is 231 Å². The zero-order valence-corrected chi connectivity index (χ0v) is 39.1. The number of allylic oxidation sites excluding steroid dienone is 6. The van der Waals surface area contributed by atoms with E-state index in [2.05, 4.69) is 57.2 Å². The third-order valence-electron chi connectivity index (χ3n) is 12.2. The van der Waals surface area contributed by atoms with Crippen LogP contribution in [-0.4, -0.2) is 50.5 Å². The SMILES string of the molecule is CCC=CCC=CCC=CCCCCCCCC(=O)C(O)(C(=O)CCCCCCCCCCCCCCC)C(O)(CO)C(=O)CCCCCCCCCCCCCCC. The molecule has 0 spiro atoms. The number of rotatable bonds is 46. The molecule has 3 N–H and O–H groups in total. The highest BCUT2D eigenvalue weighted by molar-refractivity contribution is 6.16. The van der Waals surface area contributed by atoms with Gasteiger partial charge in [-0.3, -0.25) is 14.4 Å². The third-order valence-corrected chi connectivity index (χ3v) is 12.2. The Hall–Kier alpha value is -1.89. The molecule has 0 aromatic carbocycles. The molecule has 0 bridgehead atoms. The summed E-state index contributed by atoms with van der Waals surface area (Å²) in [5.74, 6) is -2.48. The Morgan fingerprint density at radius 1 is 0.373 bits per heavy atom. The van der Waals surface area contributed by atoms with Crippen molar-refractivity contribution in [3.8, 4) is 0 Å². The summed E-state index contributed by atoms with van der Waals surface area (Å²) >= 11 is 0. The standard InChI is InChI=1S/C53H96O6/c1-4-7-10-13-16-19-22-25-26-29-32-35-38-41-44-47-51(57)53(59,50(56)46-43-40-37-34-31-28-24-21-18-15-12-9-6-3)52(58,48-54)49(55)45-42-39-36-33-30-27-23-20-17-14-11-8-5-2/h7,10,16,19,25-26,54,58-59H,4-6,8-9,11-15,17-18,20-24,27-48H2,1-3H3. The lowest BCUT2D eigenvalue weighted by Crippen LogP contribution is -2.69. The van der Waals surface area contributed by atoms with Crippen LogP contribution in [0.5, 0.6) is 0 Å². The van der Waals surface area contributed by atoms with E-state index in [0.29, 0.717) is 19.3 Å². The molecule has 0 aliphatic rings. The quantitative estimate of drug-likeness (QED) is 0.0320. The Kier molecular flexibility index (Phi) is 40.1. The van der Waals surface area contributed by atoms with Gasteiger partial charge in [0, 0.05) is 19.3 Å². The van der Waals surface area contributed by atoms with Crippen molar-refractivity contribution < 1.29 is 29.7 Å². The molecule has 2 atom stereocenters. The van der Waals surface area contributed by atoms with Crippen LogP contribution in [0.25, 0.3) is 0 Å². The largest absolute Gasteiger partial charge is 0.393 e. The molecule has 0 fully saturated rings. The summed E-state index contributed by atoms with van der Waals surface area (Å²) in [7, 11) is 0. The number of Topliss-reactive ketones (excluding diaryl/α,β-unsaturated/α-hetero) is 3. The van der Waals surface area contributed by atoms with E-state index in [1.165, 1.54) is 103 Å².